The minimum absolute atomic E-state index is 0.00615. The van der Waals surface area contributed by atoms with Crippen molar-refractivity contribution in [1.82, 2.24) is 25.1 Å². The number of hydrogen-bond acceptors (Lipinski definition) is 9. The number of allylic oxidation sites excluding steroid dienone is 4. The number of carbonyl (C=O) groups is 4. The van der Waals surface area contributed by atoms with Crippen LogP contribution in [-0.2, 0) is 21.9 Å². The molecule has 0 bridgehead atoms. The number of rotatable bonds is 16. The highest BCUT2D eigenvalue weighted by atomic mass is 19.4. The average molecular weight is 926 g/mol. The third-order valence-electron chi connectivity index (χ3n) is 10.1. The molecule has 66 heavy (non-hydrogen) atoms. The fourth-order valence-corrected chi connectivity index (χ4v) is 7.10. The SMILES string of the molecule is CC(=O)C(=C(C)N)c1cc(C(=O)NCCCN=C(N)NCCCNC(=O)c2cc(C(C(C)=O)=C(C)N)c(C)n(-c3cccc(C(F)(F)F)c3)c2=O)c(=O)n(-c2cccc(C(F)(F)F)c2)c1C. The number of pyridine rings is 2. The maximum Gasteiger partial charge on any atom is 0.416 e. The second-order valence-electron chi connectivity index (χ2n) is 15.1. The Hall–Kier alpha value is -7.45. The molecule has 0 spiro atoms. The summed E-state index contributed by atoms with van der Waals surface area (Å²) in [5.41, 5.74) is 13.1. The monoisotopic (exact) mass is 925 g/mol. The Morgan fingerprint density at radius 3 is 1.32 bits per heavy atom. The quantitative estimate of drug-likeness (QED) is 0.0288. The van der Waals surface area contributed by atoms with Crippen LogP contribution in [0, 0.1) is 13.8 Å². The van der Waals surface area contributed by atoms with Crippen molar-refractivity contribution < 1.29 is 45.5 Å². The molecule has 4 aromatic rings. The Balaban J connectivity index is 1.42. The molecule has 0 aliphatic heterocycles. The third-order valence-corrected chi connectivity index (χ3v) is 10.1. The van der Waals surface area contributed by atoms with Crippen LogP contribution < -0.4 is 44.3 Å². The number of amides is 2. The first-order chi connectivity index (χ1) is 30.8. The molecule has 15 nitrogen and oxygen atoms in total. The van der Waals surface area contributed by atoms with E-state index >= 15 is 0 Å². The van der Waals surface area contributed by atoms with Gasteiger partial charge in [-0.05, 0) is 103 Å². The molecule has 0 saturated carbocycles. The van der Waals surface area contributed by atoms with Gasteiger partial charge in [-0.1, -0.05) is 12.1 Å². The number of alkyl halides is 6. The van der Waals surface area contributed by atoms with Crippen molar-refractivity contribution in [2.45, 2.75) is 66.7 Å². The van der Waals surface area contributed by atoms with Gasteiger partial charge in [0.25, 0.3) is 22.9 Å². The molecular weight excluding hydrogens is 877 g/mol. The number of nitrogens with zero attached hydrogens (tertiary/aromatic N) is 3. The predicted octanol–water partition coefficient (Wildman–Crippen LogP) is 5.04. The van der Waals surface area contributed by atoms with Crippen molar-refractivity contribution in [2.75, 3.05) is 26.2 Å². The fraction of sp³-hybridized carbons (Fsp3) is 0.311. The van der Waals surface area contributed by atoms with Gasteiger partial charge in [-0.3, -0.25) is 42.9 Å². The van der Waals surface area contributed by atoms with Crippen LogP contribution >= 0.6 is 0 Å². The lowest BCUT2D eigenvalue weighted by molar-refractivity contribution is -0.138. The zero-order chi connectivity index (χ0) is 49.4. The van der Waals surface area contributed by atoms with Gasteiger partial charge >= 0.3 is 12.4 Å². The molecule has 0 aliphatic rings. The highest BCUT2D eigenvalue weighted by Crippen LogP contribution is 2.33. The second-order valence-corrected chi connectivity index (χ2v) is 15.1. The minimum atomic E-state index is -4.73. The Kier molecular flexibility index (Phi) is 16.3. The molecule has 2 heterocycles. The number of nitrogens with two attached hydrogens (primary N) is 3. The van der Waals surface area contributed by atoms with Crippen molar-refractivity contribution in [3.05, 3.63) is 138 Å². The third kappa shape index (κ3) is 12.0. The number of carbonyl (C=O) groups excluding carboxylic acids is 4. The summed E-state index contributed by atoms with van der Waals surface area (Å²) in [4.78, 5) is 83.6. The van der Waals surface area contributed by atoms with Gasteiger partial charge in [-0.15, -0.1) is 0 Å². The summed E-state index contributed by atoms with van der Waals surface area (Å²) >= 11 is 0. The highest BCUT2D eigenvalue weighted by Gasteiger charge is 2.33. The van der Waals surface area contributed by atoms with Crippen LogP contribution in [0.5, 0.6) is 0 Å². The maximum atomic E-state index is 13.7. The molecule has 0 radical (unpaired) electrons. The molecule has 0 fully saturated rings. The molecule has 0 atom stereocenters. The van der Waals surface area contributed by atoms with E-state index < -0.39 is 69.1 Å². The predicted molar refractivity (Wildman–Crippen MR) is 237 cm³/mol. The van der Waals surface area contributed by atoms with Gasteiger partial charge in [0.15, 0.2) is 17.5 Å². The number of aromatic nitrogens is 2. The number of nitrogens with one attached hydrogen (secondary N) is 3. The fourth-order valence-electron chi connectivity index (χ4n) is 7.10. The summed E-state index contributed by atoms with van der Waals surface area (Å²) in [6.07, 6.45) is -9.00. The number of guanidine groups is 1. The molecule has 0 saturated heterocycles. The zero-order valence-corrected chi connectivity index (χ0v) is 36.8. The van der Waals surface area contributed by atoms with Gasteiger partial charge in [-0.25, -0.2) is 0 Å². The van der Waals surface area contributed by atoms with E-state index in [4.69, 9.17) is 17.2 Å². The van der Waals surface area contributed by atoms with Crippen LogP contribution in [0.4, 0.5) is 26.3 Å². The van der Waals surface area contributed by atoms with Crippen LogP contribution in [0.25, 0.3) is 22.5 Å². The molecule has 21 heteroatoms. The first-order valence-corrected chi connectivity index (χ1v) is 20.2. The van der Waals surface area contributed by atoms with E-state index in [2.05, 4.69) is 20.9 Å². The molecule has 0 unspecified atom stereocenters. The summed E-state index contributed by atoms with van der Waals surface area (Å²) < 4.78 is 83.5. The average Bonchev–Trinajstić information content (AvgIpc) is 3.21. The van der Waals surface area contributed by atoms with E-state index in [1.807, 2.05) is 0 Å². The van der Waals surface area contributed by atoms with Crippen molar-refractivity contribution >= 4 is 40.5 Å². The molecular formula is C45H49F6N9O6. The lowest BCUT2D eigenvalue weighted by Crippen LogP contribution is -2.37. The smallest absolute Gasteiger partial charge is 0.402 e. The first kappa shape index (κ1) is 51.2. The van der Waals surface area contributed by atoms with E-state index in [-0.39, 0.29) is 101 Å². The van der Waals surface area contributed by atoms with E-state index in [0.717, 1.165) is 45.5 Å². The maximum absolute atomic E-state index is 13.7. The summed E-state index contributed by atoms with van der Waals surface area (Å²) in [6.45, 7) is 8.37. The van der Waals surface area contributed by atoms with Crippen LogP contribution in [0.2, 0.25) is 0 Å². The molecule has 2 aromatic heterocycles. The van der Waals surface area contributed by atoms with Crippen LogP contribution in [0.1, 0.15) is 94.9 Å². The van der Waals surface area contributed by atoms with Gasteiger partial charge in [0.1, 0.15) is 11.1 Å². The van der Waals surface area contributed by atoms with Crippen molar-refractivity contribution in [3.8, 4) is 11.4 Å². The first-order valence-electron chi connectivity index (χ1n) is 20.2. The Morgan fingerprint density at radius 2 is 0.955 bits per heavy atom. The standard InChI is InChI=1S/C45H49F6N9O6/c1-23(52)37(27(5)61)33-21-35(41(65)59(25(33)3)31-13-7-11-29(19-31)44(46,47)48)39(63)55-15-9-17-57-43(54)58-18-10-16-56-40(64)36-22-34(38(24(2)53)28(6)62)26(4)60(42(36)66)32-14-8-12-30(20-32)45(49,50)51/h7-8,11-14,19-22H,9-10,15-18,52-53H2,1-6H3,(H,55,63)(H,56,64)(H3,54,57,58). The van der Waals surface area contributed by atoms with Gasteiger partial charge in [-0.2, -0.15) is 26.3 Å². The Bertz CT molecular complexity index is 2780. The number of benzene rings is 2. The van der Waals surface area contributed by atoms with Gasteiger partial charge in [0.05, 0.1) is 11.1 Å². The van der Waals surface area contributed by atoms with Crippen molar-refractivity contribution in [3.63, 3.8) is 0 Å². The Labute approximate surface area is 374 Å². The second kappa shape index (κ2) is 21.0. The van der Waals surface area contributed by atoms with E-state index in [1.54, 1.807) is 0 Å². The number of halogens is 6. The van der Waals surface area contributed by atoms with E-state index in [9.17, 15) is 55.1 Å². The van der Waals surface area contributed by atoms with Crippen LogP contribution in [0.3, 0.4) is 0 Å². The van der Waals surface area contributed by atoms with E-state index in [1.165, 1.54) is 65.8 Å². The van der Waals surface area contributed by atoms with Crippen molar-refractivity contribution in [1.29, 1.82) is 0 Å². The molecule has 9 N–H and O–H groups in total. The summed E-state index contributed by atoms with van der Waals surface area (Å²) in [5, 5.41) is 8.00. The number of aliphatic imine (C=N–C) groups is 1. The lowest BCUT2D eigenvalue weighted by Gasteiger charge is -2.19. The lowest BCUT2D eigenvalue weighted by atomic mass is 9.97. The molecule has 4 rings (SSSR count). The molecule has 0 aliphatic carbocycles. The largest absolute Gasteiger partial charge is 0.416 e. The minimum Gasteiger partial charge on any atom is -0.402 e. The topological polar surface area (TPSA) is 239 Å². The van der Waals surface area contributed by atoms with Gasteiger partial charge < -0.3 is 33.2 Å². The number of ketones is 2. The molecule has 2 amide bonds. The summed E-state index contributed by atoms with van der Waals surface area (Å²) in [6, 6.07) is 10.3. The summed E-state index contributed by atoms with van der Waals surface area (Å²) in [5.74, 6) is -2.76. The van der Waals surface area contributed by atoms with Gasteiger partial charge in [0, 0.05) is 82.6 Å². The molecule has 2 aromatic carbocycles. The van der Waals surface area contributed by atoms with E-state index in [0.29, 0.717) is 0 Å². The molecule has 352 valence electrons. The Morgan fingerprint density at radius 1 is 0.576 bits per heavy atom. The normalized spacial score (nSPS) is 12.8. The number of hydrogen-bond donors (Lipinski definition) is 6. The van der Waals surface area contributed by atoms with Crippen LogP contribution in [0.15, 0.2) is 86.6 Å². The van der Waals surface area contributed by atoms with Crippen LogP contribution in [-0.4, -0.2) is 64.7 Å². The zero-order valence-electron chi connectivity index (χ0n) is 36.8. The number of Topliss-reactive ketones (excluding diaryl/α,β-unsaturated/α-hetero) is 2. The highest BCUT2D eigenvalue weighted by molar-refractivity contribution is 6.21. The summed E-state index contributed by atoms with van der Waals surface area (Å²) in [7, 11) is 0. The van der Waals surface area contributed by atoms with Crippen molar-refractivity contribution in [2.24, 2.45) is 22.2 Å². The van der Waals surface area contributed by atoms with Gasteiger partial charge in [0.2, 0.25) is 0 Å².